The highest BCUT2D eigenvalue weighted by molar-refractivity contribution is 8.01. The molecule has 1 saturated carbocycles. The molecule has 5 rings (SSSR count). The van der Waals surface area contributed by atoms with Crippen LogP contribution in [0.2, 0.25) is 5.15 Å². The number of alkyl halides is 3. The van der Waals surface area contributed by atoms with Crippen molar-refractivity contribution < 1.29 is 18.0 Å². The molecule has 2 amide bonds. The quantitative estimate of drug-likeness (QED) is 0.460. The second kappa shape index (κ2) is 10.5. The molecule has 2 aromatic heterocycles. The number of halogens is 4. The number of fused-ring (bicyclic) bond motifs is 1. The number of imidazole rings is 1. The second-order valence-corrected chi connectivity index (χ2v) is 11.8. The summed E-state index contributed by atoms with van der Waals surface area (Å²) in [5.74, 6) is 0.371. The van der Waals surface area contributed by atoms with Crippen molar-refractivity contribution in [2.75, 3.05) is 46.9 Å². The fourth-order valence-electron chi connectivity index (χ4n) is 4.25. The van der Waals surface area contributed by atoms with Gasteiger partial charge in [-0.15, -0.1) is 11.3 Å². The third kappa shape index (κ3) is 5.36. The number of rotatable bonds is 7. The Kier molecular flexibility index (Phi) is 7.49. The van der Waals surface area contributed by atoms with Crippen molar-refractivity contribution in [2.24, 2.45) is 0 Å². The van der Waals surface area contributed by atoms with Gasteiger partial charge in [-0.1, -0.05) is 17.7 Å². The molecule has 14 heteroatoms. The largest absolute Gasteiger partial charge is 0.366 e. The van der Waals surface area contributed by atoms with Gasteiger partial charge in [0.1, 0.15) is 12.4 Å². The van der Waals surface area contributed by atoms with Crippen molar-refractivity contribution in [2.45, 2.75) is 31.2 Å². The number of thiazole rings is 1. The second-order valence-electron chi connectivity index (χ2n) is 9.47. The summed E-state index contributed by atoms with van der Waals surface area (Å²) in [6, 6.07) is -0.0354. The van der Waals surface area contributed by atoms with Gasteiger partial charge in [0.25, 0.3) is 6.43 Å². The Morgan fingerprint density at radius 3 is 2.62 bits per heavy atom. The Balaban J connectivity index is 1.48. The number of hydrogen-bond acceptors (Lipinski definition) is 7. The maximum absolute atomic E-state index is 13.5. The Morgan fingerprint density at radius 2 is 2.03 bits per heavy atom. The SMILES string of the molecule is CN(C)C(=O)N1CCN(C2=CCC(SNC3(CF)CC3)=Cn3c(-c4ncc(C(F)F)s4)nc(Cl)c32)CC1. The van der Waals surface area contributed by atoms with E-state index in [0.717, 1.165) is 41.0 Å². The van der Waals surface area contributed by atoms with E-state index in [-0.39, 0.29) is 16.1 Å². The number of carbonyl (C=O) groups is 1. The topological polar surface area (TPSA) is 69.5 Å². The molecule has 2 aliphatic heterocycles. The molecule has 0 atom stereocenters. The van der Waals surface area contributed by atoms with Gasteiger partial charge in [-0.25, -0.2) is 27.9 Å². The van der Waals surface area contributed by atoms with Gasteiger partial charge in [-0.3, -0.25) is 9.29 Å². The number of carbonyl (C=O) groups excluding carboxylic acids is 1. The number of allylic oxidation sites excluding steroid dienone is 2. The van der Waals surface area contributed by atoms with Gasteiger partial charge in [-0.05, 0) is 24.8 Å². The van der Waals surface area contributed by atoms with Gasteiger partial charge in [0.05, 0.1) is 16.1 Å². The molecular weight excluding hydrogens is 547 g/mol. The fourth-order valence-corrected chi connectivity index (χ4v) is 6.21. The molecule has 2 aromatic rings. The van der Waals surface area contributed by atoms with E-state index in [9.17, 15) is 18.0 Å². The lowest BCUT2D eigenvalue weighted by Gasteiger charge is -2.38. The molecule has 8 nitrogen and oxygen atoms in total. The number of piperazine rings is 1. The normalized spacial score (nSPS) is 18.9. The summed E-state index contributed by atoms with van der Waals surface area (Å²) in [7, 11) is 3.46. The first-order valence-electron chi connectivity index (χ1n) is 11.9. The van der Waals surface area contributed by atoms with E-state index in [4.69, 9.17) is 11.6 Å². The van der Waals surface area contributed by atoms with Crippen molar-refractivity contribution in [3.05, 3.63) is 32.9 Å². The number of hydrogen-bond donors (Lipinski definition) is 1. The summed E-state index contributed by atoms with van der Waals surface area (Å²) < 4.78 is 45.1. The van der Waals surface area contributed by atoms with Crippen LogP contribution in [-0.4, -0.2) is 87.8 Å². The summed E-state index contributed by atoms with van der Waals surface area (Å²) in [5.41, 5.74) is 1.00. The van der Waals surface area contributed by atoms with Gasteiger partial charge in [-0.2, -0.15) is 0 Å². The van der Waals surface area contributed by atoms with E-state index >= 15 is 0 Å². The highest BCUT2D eigenvalue weighted by atomic mass is 35.5. The van der Waals surface area contributed by atoms with E-state index < -0.39 is 18.6 Å². The van der Waals surface area contributed by atoms with E-state index in [1.54, 1.807) is 28.5 Å². The van der Waals surface area contributed by atoms with E-state index in [0.29, 0.717) is 49.1 Å². The zero-order chi connectivity index (χ0) is 26.3. The number of nitrogens with one attached hydrogen (secondary N) is 1. The molecule has 4 heterocycles. The van der Waals surface area contributed by atoms with Gasteiger partial charge in [0.15, 0.2) is 16.0 Å². The molecule has 0 aromatic carbocycles. The van der Waals surface area contributed by atoms with E-state index in [2.05, 4.69) is 25.7 Å². The molecule has 1 N–H and O–H groups in total. The smallest absolute Gasteiger partial charge is 0.319 e. The Bertz CT molecular complexity index is 1230. The minimum absolute atomic E-state index is 0.0354. The molecule has 200 valence electrons. The summed E-state index contributed by atoms with van der Waals surface area (Å²) in [6.07, 6.45) is 4.58. The molecule has 3 aliphatic rings. The molecule has 0 bridgehead atoms. The zero-order valence-corrected chi connectivity index (χ0v) is 22.8. The van der Waals surface area contributed by atoms with Crippen LogP contribution < -0.4 is 4.72 Å². The number of urea groups is 1. The molecule has 2 fully saturated rings. The van der Waals surface area contributed by atoms with Crippen molar-refractivity contribution in [1.29, 1.82) is 0 Å². The van der Waals surface area contributed by atoms with Crippen LogP contribution in [0.5, 0.6) is 0 Å². The molecule has 37 heavy (non-hydrogen) atoms. The molecule has 0 spiro atoms. The summed E-state index contributed by atoms with van der Waals surface area (Å²) in [5, 5.41) is 0.571. The van der Waals surface area contributed by atoms with Crippen LogP contribution in [-0.2, 0) is 0 Å². The lowest BCUT2D eigenvalue weighted by atomic mass is 10.2. The molecule has 0 unspecified atom stereocenters. The molecule has 1 saturated heterocycles. The molecule has 0 radical (unpaired) electrons. The van der Waals surface area contributed by atoms with Crippen LogP contribution in [0.25, 0.3) is 22.7 Å². The van der Waals surface area contributed by atoms with Crippen molar-refractivity contribution in [1.82, 2.24) is 34.0 Å². The van der Waals surface area contributed by atoms with Gasteiger partial charge >= 0.3 is 6.03 Å². The standard InChI is InChI=1S/C23H27ClF3N7OS2/c1-31(2)22(35)33-9-7-32(8-10-33)15-4-3-14(37-30-23(13-25)5-6-23)12-34-17(15)18(24)29-20(34)21-28-11-16(36-21)19(26)27/h4,11-12,19,30H,3,5-10,13H2,1-2H3. The van der Waals surface area contributed by atoms with E-state index in [1.165, 1.54) is 11.9 Å². The average Bonchev–Trinajstić information content (AvgIpc) is 3.45. The van der Waals surface area contributed by atoms with Crippen LogP contribution in [0, 0.1) is 0 Å². The summed E-state index contributed by atoms with van der Waals surface area (Å²) >= 11 is 8.92. The molecular formula is C23H27ClF3N7OS2. The van der Waals surface area contributed by atoms with Gasteiger partial charge in [0, 0.05) is 64.0 Å². The first-order valence-corrected chi connectivity index (χ1v) is 13.9. The molecule has 1 aliphatic carbocycles. The fraction of sp³-hybridized carbons (Fsp3) is 0.522. The maximum Gasteiger partial charge on any atom is 0.319 e. The highest BCUT2D eigenvalue weighted by Gasteiger charge is 2.43. The first kappa shape index (κ1) is 26.4. The number of aromatic nitrogens is 3. The van der Waals surface area contributed by atoms with E-state index in [1.807, 2.05) is 6.20 Å². The monoisotopic (exact) mass is 573 g/mol. The van der Waals surface area contributed by atoms with Crippen LogP contribution in [0.4, 0.5) is 18.0 Å². The van der Waals surface area contributed by atoms with Crippen molar-refractivity contribution in [3.8, 4) is 10.8 Å². The lowest BCUT2D eigenvalue weighted by molar-refractivity contribution is 0.144. The maximum atomic E-state index is 13.5. The minimum atomic E-state index is -2.63. The third-order valence-electron chi connectivity index (χ3n) is 6.59. The Labute approximate surface area is 226 Å². The number of amides is 2. The summed E-state index contributed by atoms with van der Waals surface area (Å²) in [6.45, 7) is 1.86. The van der Waals surface area contributed by atoms with Gasteiger partial charge in [0.2, 0.25) is 0 Å². The lowest BCUT2D eigenvalue weighted by Crippen LogP contribution is -2.50. The van der Waals surface area contributed by atoms with Crippen molar-refractivity contribution >= 4 is 52.8 Å². The first-order chi connectivity index (χ1) is 17.7. The summed E-state index contributed by atoms with van der Waals surface area (Å²) in [4.78, 5) is 27.4. The van der Waals surface area contributed by atoms with Crippen LogP contribution in [0.3, 0.4) is 0 Å². The van der Waals surface area contributed by atoms with Crippen molar-refractivity contribution in [3.63, 3.8) is 0 Å². The third-order valence-corrected chi connectivity index (χ3v) is 8.93. The van der Waals surface area contributed by atoms with Crippen LogP contribution in [0.15, 0.2) is 17.2 Å². The van der Waals surface area contributed by atoms with Crippen LogP contribution >= 0.6 is 34.9 Å². The average molecular weight is 574 g/mol. The minimum Gasteiger partial charge on any atom is -0.366 e. The zero-order valence-electron chi connectivity index (χ0n) is 20.4. The van der Waals surface area contributed by atoms with Crippen LogP contribution in [0.1, 0.15) is 36.3 Å². The Hall–Kier alpha value is -2.22. The predicted molar refractivity (Wildman–Crippen MR) is 141 cm³/mol. The van der Waals surface area contributed by atoms with Gasteiger partial charge < -0.3 is 14.7 Å². The Morgan fingerprint density at radius 1 is 1.30 bits per heavy atom. The number of nitrogens with zero attached hydrogens (tertiary/aromatic N) is 6. The highest BCUT2D eigenvalue weighted by Crippen LogP contribution is 2.42. The predicted octanol–water partition coefficient (Wildman–Crippen LogP) is 5.18.